The monoisotopic (exact) mass is 586 g/mol. The van der Waals surface area contributed by atoms with Crippen LogP contribution < -0.4 is 0 Å². The minimum Gasteiger partial charge on any atom is -0.408 e. The Hall–Kier alpha value is -1.95. The van der Waals surface area contributed by atoms with Gasteiger partial charge in [0.05, 0.1) is 13.2 Å². The van der Waals surface area contributed by atoms with Crippen molar-refractivity contribution in [2.45, 2.75) is 115 Å². The van der Waals surface area contributed by atoms with Crippen molar-refractivity contribution in [1.82, 2.24) is 0 Å². The van der Waals surface area contributed by atoms with Gasteiger partial charge in [-0.2, -0.15) is 0 Å². The van der Waals surface area contributed by atoms with Gasteiger partial charge >= 0.3 is 0 Å². The van der Waals surface area contributed by atoms with Crippen molar-refractivity contribution in [2.24, 2.45) is 0 Å². The van der Waals surface area contributed by atoms with E-state index in [1.54, 1.807) is 0 Å². The fourth-order valence-corrected chi connectivity index (χ4v) is 6.24. The second kappa shape index (κ2) is 14.3. The molecule has 2 rings (SSSR count). The molecule has 0 spiro atoms. The maximum atomic E-state index is 12.7. The lowest BCUT2D eigenvalue weighted by Gasteiger charge is -2.47. The van der Waals surface area contributed by atoms with E-state index in [1.807, 2.05) is 60.7 Å². The predicted molar refractivity (Wildman–Crippen MR) is 166 cm³/mol. The fourth-order valence-electron chi connectivity index (χ4n) is 3.63. The smallest absolute Gasteiger partial charge is 0.192 e. The number of ether oxygens (including phenoxy) is 2. The average molecular weight is 587 g/mol. The highest BCUT2D eigenvalue weighted by Crippen LogP contribution is 2.41. The summed E-state index contributed by atoms with van der Waals surface area (Å²) < 4.78 is 26.3. The Labute approximate surface area is 244 Å². The first-order chi connectivity index (χ1) is 18.5. The molecule has 0 aliphatic carbocycles. The Morgan fingerprint density at radius 3 is 1.15 bits per heavy atom. The number of rotatable bonds is 15. The van der Waals surface area contributed by atoms with Crippen LogP contribution in [0.4, 0.5) is 0 Å². The van der Waals surface area contributed by atoms with E-state index < -0.39 is 41.1 Å². The Morgan fingerprint density at radius 2 is 0.900 bits per heavy atom. The Bertz CT molecular complexity index is 959. The second-order valence-electron chi connectivity index (χ2n) is 13.5. The average Bonchev–Trinajstić information content (AvgIpc) is 2.87. The first kappa shape index (κ1) is 34.3. The van der Waals surface area contributed by atoms with Gasteiger partial charge in [-0.05, 0) is 47.4 Å². The van der Waals surface area contributed by atoms with Gasteiger partial charge in [-0.1, -0.05) is 102 Å². The highest BCUT2D eigenvalue weighted by molar-refractivity contribution is 6.74. The molecule has 0 saturated heterocycles. The molecule has 0 aliphatic heterocycles. The van der Waals surface area contributed by atoms with E-state index >= 15 is 0 Å². The highest BCUT2D eigenvalue weighted by Gasteiger charge is 2.49. The van der Waals surface area contributed by atoms with Gasteiger partial charge in [-0.3, -0.25) is 0 Å². The summed E-state index contributed by atoms with van der Waals surface area (Å²) in [6, 6.07) is 19.4. The molecule has 0 amide bonds. The van der Waals surface area contributed by atoms with Crippen LogP contribution in [-0.4, -0.2) is 53.6 Å². The first-order valence-electron chi connectivity index (χ1n) is 14.1. The molecule has 222 valence electrons. The molecule has 0 heterocycles. The van der Waals surface area contributed by atoms with Crippen LogP contribution in [0.5, 0.6) is 0 Å². The zero-order valence-corrected chi connectivity index (χ0v) is 28.1. The molecule has 8 heteroatoms. The van der Waals surface area contributed by atoms with Gasteiger partial charge in [0.25, 0.3) is 0 Å². The van der Waals surface area contributed by atoms with Gasteiger partial charge in [0.2, 0.25) is 0 Å². The highest BCUT2D eigenvalue weighted by atomic mass is 28.4. The summed E-state index contributed by atoms with van der Waals surface area (Å²) >= 11 is 0. The van der Waals surface area contributed by atoms with Crippen molar-refractivity contribution in [3.63, 3.8) is 0 Å². The summed E-state index contributed by atoms with van der Waals surface area (Å²) in [5, 5.41) is -0.303. The SMILES string of the molecule is CC(C)(C)[Si](C)(C)O[C@@H]([C@H](O[Si](C)(C)C(C)(C)C)[C@H](C=O)OCc1ccccc1)[C@H](C=O)OCc1ccccc1. The number of carbonyl (C=O) groups excluding carboxylic acids is 2. The van der Waals surface area contributed by atoms with Crippen molar-refractivity contribution in [3.8, 4) is 0 Å². The molecule has 0 fully saturated rings. The number of aldehydes is 2. The quantitative estimate of drug-likeness (QED) is 0.161. The number of hydrogen-bond donors (Lipinski definition) is 0. The third kappa shape index (κ3) is 9.57. The molecule has 40 heavy (non-hydrogen) atoms. The van der Waals surface area contributed by atoms with E-state index in [2.05, 4.69) is 67.7 Å². The van der Waals surface area contributed by atoms with Crippen LogP contribution >= 0.6 is 0 Å². The minimum atomic E-state index is -2.46. The lowest BCUT2D eigenvalue weighted by Crippen LogP contribution is -2.60. The zero-order chi connectivity index (χ0) is 30.2. The normalized spacial score (nSPS) is 16.1. The molecule has 0 bridgehead atoms. The molecule has 0 radical (unpaired) electrons. The van der Waals surface area contributed by atoms with Crippen LogP contribution in [0.3, 0.4) is 0 Å². The van der Waals surface area contributed by atoms with Crippen LogP contribution in [0, 0.1) is 0 Å². The standard InChI is InChI=1S/C32H50O6Si2/c1-31(2,3)39(7,8)37-29(27(21-33)35-23-25-17-13-11-14-18-25)30(38-40(9,10)32(4,5)6)28(22-34)36-24-26-19-15-12-16-20-26/h11-22,27-30H,23-24H2,1-10H3/t27-,28-,29+,30+/m0/s1. The third-order valence-electron chi connectivity index (χ3n) is 8.28. The molecular formula is C32H50O6Si2. The molecule has 0 unspecified atom stereocenters. The molecule has 6 nitrogen and oxygen atoms in total. The van der Waals surface area contributed by atoms with Crippen LogP contribution in [0.1, 0.15) is 52.7 Å². The van der Waals surface area contributed by atoms with Gasteiger partial charge < -0.3 is 27.9 Å². The van der Waals surface area contributed by atoms with E-state index in [4.69, 9.17) is 18.3 Å². The van der Waals surface area contributed by atoms with Crippen molar-refractivity contribution in [2.75, 3.05) is 0 Å². The third-order valence-corrected chi connectivity index (χ3v) is 17.2. The Balaban J connectivity index is 2.56. The van der Waals surface area contributed by atoms with Crippen molar-refractivity contribution in [1.29, 1.82) is 0 Å². The minimum absolute atomic E-state index is 0.152. The fraction of sp³-hybridized carbons (Fsp3) is 0.562. The summed E-state index contributed by atoms with van der Waals surface area (Å²) in [6.07, 6.45) is -2.06. The molecule has 0 saturated carbocycles. The summed E-state index contributed by atoms with van der Waals surface area (Å²) in [5.41, 5.74) is 1.88. The number of hydrogen-bond acceptors (Lipinski definition) is 6. The summed E-state index contributed by atoms with van der Waals surface area (Å²) in [6.45, 7) is 21.8. The molecule has 0 aromatic heterocycles. The molecule has 2 aromatic carbocycles. The van der Waals surface area contributed by atoms with E-state index in [1.165, 1.54) is 0 Å². The van der Waals surface area contributed by atoms with E-state index in [0.717, 1.165) is 23.7 Å². The molecule has 2 aromatic rings. The van der Waals surface area contributed by atoms with Gasteiger partial charge in [-0.15, -0.1) is 0 Å². The molecule has 0 N–H and O–H groups in total. The van der Waals surface area contributed by atoms with E-state index in [9.17, 15) is 9.59 Å². The predicted octanol–water partition coefficient (Wildman–Crippen LogP) is 7.34. The lowest BCUT2D eigenvalue weighted by atomic mass is 10.0. The maximum absolute atomic E-state index is 12.7. The van der Waals surface area contributed by atoms with Crippen LogP contribution in [0.2, 0.25) is 36.3 Å². The molecule has 4 atom stereocenters. The lowest BCUT2D eigenvalue weighted by molar-refractivity contribution is -0.151. The number of carbonyl (C=O) groups is 2. The summed E-state index contributed by atoms with van der Waals surface area (Å²) in [7, 11) is -4.92. The van der Waals surface area contributed by atoms with Crippen LogP contribution in [-0.2, 0) is 41.1 Å². The number of benzene rings is 2. The van der Waals surface area contributed by atoms with Gasteiger partial charge in [0, 0.05) is 0 Å². The van der Waals surface area contributed by atoms with Crippen molar-refractivity contribution in [3.05, 3.63) is 71.8 Å². The Morgan fingerprint density at radius 1 is 0.600 bits per heavy atom. The van der Waals surface area contributed by atoms with Crippen LogP contribution in [0.15, 0.2) is 60.7 Å². The largest absolute Gasteiger partial charge is 0.408 e. The molecular weight excluding hydrogens is 537 g/mol. The molecule has 0 aliphatic rings. The maximum Gasteiger partial charge on any atom is 0.192 e. The summed E-state index contributed by atoms with van der Waals surface area (Å²) in [5.74, 6) is 0. The van der Waals surface area contributed by atoms with Crippen LogP contribution in [0.25, 0.3) is 0 Å². The summed E-state index contributed by atoms with van der Waals surface area (Å²) in [4.78, 5) is 25.4. The van der Waals surface area contributed by atoms with Crippen molar-refractivity contribution < 1.29 is 27.9 Å². The van der Waals surface area contributed by atoms with Gasteiger partial charge in [-0.25, -0.2) is 0 Å². The second-order valence-corrected chi connectivity index (χ2v) is 23.0. The van der Waals surface area contributed by atoms with E-state index in [-0.39, 0.29) is 23.3 Å². The Kier molecular flexibility index (Phi) is 12.2. The van der Waals surface area contributed by atoms with Gasteiger partial charge in [0.15, 0.2) is 29.2 Å². The topological polar surface area (TPSA) is 71.1 Å². The zero-order valence-electron chi connectivity index (χ0n) is 26.1. The first-order valence-corrected chi connectivity index (χ1v) is 19.9. The van der Waals surface area contributed by atoms with Gasteiger partial charge in [0.1, 0.15) is 24.4 Å². The van der Waals surface area contributed by atoms with Crippen molar-refractivity contribution >= 4 is 29.2 Å². The van der Waals surface area contributed by atoms with E-state index in [0.29, 0.717) is 0 Å².